The molecule has 0 fully saturated rings. The zero-order valence-electron chi connectivity index (χ0n) is 27.7. The minimum atomic E-state index is -2.44. The first-order valence-corrected chi connectivity index (χ1v) is 24.7. The maximum absolute atomic E-state index is 7.39. The van der Waals surface area contributed by atoms with Gasteiger partial charge in [-0.2, -0.15) is 0 Å². The van der Waals surface area contributed by atoms with Gasteiger partial charge in [-0.3, -0.25) is 0 Å². The summed E-state index contributed by atoms with van der Waals surface area (Å²) < 4.78 is 14.8. The van der Waals surface area contributed by atoms with Crippen LogP contribution in [0.3, 0.4) is 0 Å². The second kappa shape index (κ2) is 14.8. The van der Waals surface area contributed by atoms with Crippen LogP contribution in [0.5, 0.6) is 11.5 Å². The van der Waals surface area contributed by atoms with Crippen LogP contribution in [0.1, 0.15) is 11.1 Å². The maximum atomic E-state index is 7.39. The van der Waals surface area contributed by atoms with Crippen molar-refractivity contribution in [2.24, 2.45) is 0 Å². The van der Waals surface area contributed by atoms with Crippen LogP contribution in [0.4, 0.5) is 0 Å². The monoisotopic (exact) mass is 828 g/mol. The van der Waals surface area contributed by atoms with Gasteiger partial charge in [-0.25, -0.2) is 0 Å². The number of rotatable bonds is 10. The van der Waals surface area contributed by atoms with E-state index in [1.54, 1.807) is 0 Å². The van der Waals surface area contributed by atoms with E-state index in [1.165, 1.54) is 10.8 Å². The van der Waals surface area contributed by atoms with E-state index >= 15 is 0 Å². The van der Waals surface area contributed by atoms with Crippen molar-refractivity contribution in [2.75, 3.05) is 0 Å². The molecule has 0 aliphatic rings. The van der Waals surface area contributed by atoms with Crippen molar-refractivity contribution < 1.29 is 9.05 Å². The molecule has 51 heavy (non-hydrogen) atoms. The molecule has 0 amide bonds. The summed E-state index contributed by atoms with van der Waals surface area (Å²) in [6, 6.07) is 68.2. The van der Waals surface area contributed by atoms with Gasteiger partial charge in [0.25, 0.3) is 0 Å². The summed E-state index contributed by atoms with van der Waals surface area (Å²) in [7, 11) is 0. The van der Waals surface area contributed by atoms with Crippen molar-refractivity contribution in [1.82, 2.24) is 0 Å². The van der Waals surface area contributed by atoms with Gasteiger partial charge < -0.3 is 0 Å². The molecule has 0 saturated carbocycles. The summed E-state index contributed by atoms with van der Waals surface area (Å²) in [5, 5.41) is 9.25. The molecule has 0 aliphatic heterocycles. The first kappa shape index (κ1) is 33.9. The predicted octanol–water partition coefficient (Wildman–Crippen LogP) is 9.68. The van der Waals surface area contributed by atoms with E-state index in [0.29, 0.717) is 6.42 Å². The van der Waals surface area contributed by atoms with Gasteiger partial charge in [0, 0.05) is 0 Å². The van der Waals surface area contributed by atoms with Crippen LogP contribution in [0.25, 0.3) is 21.5 Å². The Hall–Kier alpha value is -4.22. The van der Waals surface area contributed by atoms with Gasteiger partial charge >= 0.3 is 317 Å². The molecular weight excluding hydrogens is 792 g/mol. The molecule has 8 aromatic carbocycles. The van der Waals surface area contributed by atoms with Gasteiger partial charge in [-0.1, -0.05) is 0 Å². The topological polar surface area (TPSA) is 18.5 Å². The Morgan fingerprint density at radius 3 is 0.961 bits per heavy atom. The predicted molar refractivity (Wildman–Crippen MR) is 222 cm³/mol. The molecule has 0 heterocycles. The second-order valence-electron chi connectivity index (χ2n) is 12.3. The molecule has 6 heteroatoms. The van der Waals surface area contributed by atoms with Crippen molar-refractivity contribution in [3.8, 4) is 11.5 Å². The van der Waals surface area contributed by atoms with Crippen LogP contribution in [0.2, 0.25) is 0 Å². The van der Waals surface area contributed by atoms with Crippen molar-refractivity contribution in [3.63, 3.8) is 0 Å². The van der Waals surface area contributed by atoms with Gasteiger partial charge in [0.2, 0.25) is 0 Å². The van der Waals surface area contributed by atoms with Gasteiger partial charge in [0.15, 0.2) is 0 Å². The van der Waals surface area contributed by atoms with Crippen LogP contribution in [-0.4, -0.2) is 30.2 Å². The van der Waals surface area contributed by atoms with Crippen molar-refractivity contribution in [2.45, 2.75) is 6.42 Å². The Bertz CT molecular complexity index is 2290. The zero-order chi connectivity index (χ0) is 34.7. The Balaban J connectivity index is 1.32. The summed E-state index contributed by atoms with van der Waals surface area (Å²) in [5.74, 6) is 1.73. The summed E-state index contributed by atoms with van der Waals surface area (Å²) in [5.41, 5.74) is -2.61. The zero-order valence-corrected chi connectivity index (χ0v) is 32.9. The molecular formula is C45H34O2P2Se2. The molecule has 0 saturated heterocycles. The molecule has 2 nitrogen and oxygen atoms in total. The van der Waals surface area contributed by atoms with Crippen LogP contribution in [0.15, 0.2) is 194 Å². The van der Waals surface area contributed by atoms with Gasteiger partial charge in [-0.05, 0) is 0 Å². The first-order valence-electron chi connectivity index (χ1n) is 16.9. The first-order chi connectivity index (χ1) is 25.0. The molecule has 0 bridgehead atoms. The Morgan fingerprint density at radius 2 is 0.627 bits per heavy atom. The van der Waals surface area contributed by atoms with E-state index in [2.05, 4.69) is 224 Å². The summed E-state index contributed by atoms with van der Waals surface area (Å²) in [6.07, 6.45) is 0.612. The summed E-state index contributed by atoms with van der Waals surface area (Å²) >= 11 is 7.17. The Labute approximate surface area is 314 Å². The van der Waals surface area contributed by atoms with Crippen molar-refractivity contribution >= 4 is 84.4 Å². The van der Waals surface area contributed by atoms with Crippen LogP contribution in [-0.2, 0) is 6.42 Å². The van der Waals surface area contributed by atoms with Gasteiger partial charge in [0.1, 0.15) is 0 Å². The standard InChI is InChI=1S/C45H34O2P2Se2/c50-48(36-19-5-1-6-20-36,37-21-7-2-8-22-37)46-44-31-29-34-17-13-15-27-40(34)42(44)33-43-41-28-16-14-18-35(41)30-32-45(43)47-49(51,38-23-9-3-10-24-38)39-25-11-4-12-26-39/h1-32H,33H2. The van der Waals surface area contributed by atoms with Crippen LogP contribution < -0.4 is 30.3 Å². The molecule has 8 rings (SSSR count). The van der Waals surface area contributed by atoms with Gasteiger partial charge in [-0.15, -0.1) is 0 Å². The molecule has 0 spiro atoms. The minimum absolute atomic E-state index is 0.612. The molecule has 248 valence electrons. The second-order valence-corrected chi connectivity index (χ2v) is 23.4. The third kappa shape index (κ3) is 6.78. The quantitative estimate of drug-likeness (QED) is 0.101. The average Bonchev–Trinajstić information content (AvgIpc) is 3.20. The fraction of sp³-hybridized carbons (Fsp3) is 0.0222. The number of fused-ring (bicyclic) bond motifs is 2. The van der Waals surface area contributed by atoms with E-state index in [4.69, 9.17) is 9.05 Å². The number of hydrogen-bond acceptors (Lipinski definition) is 2. The molecule has 0 atom stereocenters. The molecule has 0 unspecified atom stereocenters. The fourth-order valence-corrected chi connectivity index (χ4v) is 14.9. The molecule has 0 aromatic heterocycles. The average molecular weight is 827 g/mol. The van der Waals surface area contributed by atoms with Crippen molar-refractivity contribution in [3.05, 3.63) is 205 Å². The molecule has 0 radical (unpaired) electrons. The SMILES string of the molecule is [Se]=P(Oc1ccc2ccccc2c1Cc1c(OP(=[Se])(c2ccccc2)c2ccccc2)ccc2ccccc12)(c1ccccc1)c1ccccc1. The van der Waals surface area contributed by atoms with E-state index < -0.39 is 11.5 Å². The van der Waals surface area contributed by atoms with E-state index in [0.717, 1.165) is 54.6 Å². The van der Waals surface area contributed by atoms with Gasteiger partial charge in [0.05, 0.1) is 0 Å². The number of hydrogen-bond donors (Lipinski definition) is 0. The molecule has 8 aromatic rings. The fourth-order valence-electron chi connectivity index (χ4n) is 6.63. The van der Waals surface area contributed by atoms with E-state index in [9.17, 15) is 0 Å². The Kier molecular flexibility index (Phi) is 9.83. The third-order valence-corrected chi connectivity index (χ3v) is 20.3. The Morgan fingerprint density at radius 1 is 0.333 bits per heavy atom. The summed E-state index contributed by atoms with van der Waals surface area (Å²) in [4.78, 5) is 0. The van der Waals surface area contributed by atoms with E-state index in [1.807, 2.05) is 0 Å². The molecule has 0 aliphatic carbocycles. The van der Waals surface area contributed by atoms with Crippen LogP contribution >= 0.6 is 11.5 Å². The third-order valence-electron chi connectivity index (χ3n) is 9.19. The number of benzene rings is 8. The normalized spacial score (nSPS) is 11.8. The summed E-state index contributed by atoms with van der Waals surface area (Å²) in [6.45, 7) is 0. The van der Waals surface area contributed by atoms with Crippen molar-refractivity contribution in [1.29, 1.82) is 0 Å². The molecule has 0 N–H and O–H groups in total. The van der Waals surface area contributed by atoms with Crippen LogP contribution in [0, 0.1) is 0 Å². The van der Waals surface area contributed by atoms with E-state index in [-0.39, 0.29) is 0 Å².